The van der Waals surface area contributed by atoms with E-state index in [2.05, 4.69) is 15.4 Å². The van der Waals surface area contributed by atoms with Crippen molar-refractivity contribution in [2.24, 2.45) is 0 Å². The molecule has 1 aromatic rings. The Kier molecular flexibility index (Phi) is 3.90. The van der Waals surface area contributed by atoms with Crippen LogP contribution in [0.4, 0.5) is 5.82 Å². The molecule has 1 aliphatic rings. The molecule has 0 amide bonds. The predicted octanol–water partition coefficient (Wildman–Crippen LogP) is 0.620. The van der Waals surface area contributed by atoms with Crippen molar-refractivity contribution in [1.29, 1.82) is 5.41 Å². The van der Waals surface area contributed by atoms with Crippen LogP contribution < -0.4 is 5.73 Å². The van der Waals surface area contributed by atoms with Gasteiger partial charge in [-0.1, -0.05) is 0 Å². The van der Waals surface area contributed by atoms with Crippen molar-refractivity contribution < 1.29 is 0 Å². The molecular formula is C8H15ClN6. The van der Waals surface area contributed by atoms with E-state index in [0.717, 1.165) is 25.9 Å². The standard InChI is InChI=1S/C8H14N6.ClH/c9-7-6(11-13-12-7)8(10)14-4-2-1-3-5-14;/h10H,1-5H2,(H3,9,11,12,13);1H. The monoisotopic (exact) mass is 230 g/mol. The maximum atomic E-state index is 7.91. The van der Waals surface area contributed by atoms with Crippen LogP contribution in [-0.2, 0) is 0 Å². The number of rotatable bonds is 1. The zero-order valence-electron chi connectivity index (χ0n) is 8.36. The van der Waals surface area contributed by atoms with Gasteiger partial charge < -0.3 is 10.6 Å². The number of nitrogens with one attached hydrogen (secondary N) is 2. The van der Waals surface area contributed by atoms with Crippen LogP contribution in [0.15, 0.2) is 0 Å². The van der Waals surface area contributed by atoms with Gasteiger partial charge in [0.15, 0.2) is 17.3 Å². The second-order valence-electron chi connectivity index (χ2n) is 3.45. The molecule has 0 spiro atoms. The Hall–Kier alpha value is -1.30. The fourth-order valence-electron chi connectivity index (χ4n) is 1.68. The molecule has 6 nitrogen and oxygen atoms in total. The molecule has 1 aliphatic heterocycles. The van der Waals surface area contributed by atoms with E-state index in [-0.39, 0.29) is 12.4 Å². The molecule has 2 heterocycles. The number of halogens is 1. The molecule has 1 saturated heterocycles. The van der Waals surface area contributed by atoms with Crippen molar-refractivity contribution in [2.45, 2.75) is 19.3 Å². The zero-order valence-corrected chi connectivity index (χ0v) is 9.18. The van der Waals surface area contributed by atoms with Crippen LogP contribution in [0, 0.1) is 5.41 Å². The Morgan fingerprint density at radius 2 is 1.93 bits per heavy atom. The van der Waals surface area contributed by atoms with Crippen LogP contribution in [0.25, 0.3) is 0 Å². The summed E-state index contributed by atoms with van der Waals surface area (Å²) < 4.78 is 0. The van der Waals surface area contributed by atoms with E-state index in [1.165, 1.54) is 6.42 Å². The number of H-pyrrole nitrogens is 1. The molecule has 15 heavy (non-hydrogen) atoms. The summed E-state index contributed by atoms with van der Waals surface area (Å²) in [4.78, 5) is 2.00. The first-order chi connectivity index (χ1) is 6.79. The lowest BCUT2D eigenvalue weighted by molar-refractivity contribution is 0.340. The van der Waals surface area contributed by atoms with E-state index in [1.807, 2.05) is 4.90 Å². The lowest BCUT2D eigenvalue weighted by atomic mass is 10.1. The van der Waals surface area contributed by atoms with E-state index in [4.69, 9.17) is 11.1 Å². The summed E-state index contributed by atoms with van der Waals surface area (Å²) in [7, 11) is 0. The third-order valence-electron chi connectivity index (χ3n) is 2.47. The molecule has 1 fully saturated rings. The molecule has 0 atom stereocenters. The van der Waals surface area contributed by atoms with Gasteiger partial charge in [0, 0.05) is 13.1 Å². The van der Waals surface area contributed by atoms with Gasteiger partial charge >= 0.3 is 0 Å². The molecule has 1 aromatic heterocycles. The Balaban J connectivity index is 0.00000112. The summed E-state index contributed by atoms with van der Waals surface area (Å²) in [5.74, 6) is 0.691. The van der Waals surface area contributed by atoms with Crippen LogP contribution in [0.5, 0.6) is 0 Å². The van der Waals surface area contributed by atoms with Crippen molar-refractivity contribution in [3.05, 3.63) is 5.69 Å². The molecule has 2 rings (SSSR count). The van der Waals surface area contributed by atoms with Gasteiger partial charge in [-0.15, -0.1) is 17.5 Å². The molecule has 4 N–H and O–H groups in total. The highest BCUT2D eigenvalue weighted by molar-refractivity contribution is 5.98. The molecule has 0 aromatic carbocycles. The number of amidine groups is 1. The maximum absolute atomic E-state index is 7.91. The third-order valence-corrected chi connectivity index (χ3v) is 2.47. The number of likely N-dealkylation sites (tertiary alicyclic amines) is 1. The molecule has 0 saturated carbocycles. The van der Waals surface area contributed by atoms with Crippen molar-refractivity contribution in [3.8, 4) is 0 Å². The Morgan fingerprint density at radius 1 is 1.27 bits per heavy atom. The largest absolute Gasteiger partial charge is 0.380 e. The highest BCUT2D eigenvalue weighted by Gasteiger charge is 2.19. The Labute approximate surface area is 94.1 Å². The molecule has 0 unspecified atom stereocenters. The molecule has 0 bridgehead atoms. The van der Waals surface area contributed by atoms with Crippen molar-refractivity contribution >= 4 is 24.1 Å². The van der Waals surface area contributed by atoms with Gasteiger partial charge in [-0.3, -0.25) is 5.41 Å². The quantitative estimate of drug-likeness (QED) is 0.487. The maximum Gasteiger partial charge on any atom is 0.177 e. The topological polar surface area (TPSA) is 94.7 Å². The second kappa shape index (κ2) is 4.97. The normalized spacial score (nSPS) is 15.9. The predicted molar refractivity (Wildman–Crippen MR) is 60.3 cm³/mol. The first-order valence-electron chi connectivity index (χ1n) is 4.79. The summed E-state index contributed by atoms with van der Waals surface area (Å²) >= 11 is 0. The van der Waals surface area contributed by atoms with E-state index < -0.39 is 0 Å². The number of anilines is 1. The van der Waals surface area contributed by atoms with E-state index >= 15 is 0 Å². The number of aromatic nitrogens is 3. The molecule has 0 aliphatic carbocycles. The molecule has 84 valence electrons. The Morgan fingerprint density at radius 3 is 2.47 bits per heavy atom. The number of aromatic amines is 1. The van der Waals surface area contributed by atoms with E-state index in [1.54, 1.807) is 0 Å². The minimum Gasteiger partial charge on any atom is -0.380 e. The summed E-state index contributed by atoms with van der Waals surface area (Å²) in [6.07, 6.45) is 3.53. The SMILES string of the molecule is Cl.N=C(c1n[nH]nc1N)N1CCCCC1. The summed E-state index contributed by atoms with van der Waals surface area (Å²) in [6.45, 7) is 1.84. The first kappa shape index (κ1) is 11.8. The zero-order chi connectivity index (χ0) is 9.97. The molecule has 0 radical (unpaired) electrons. The van der Waals surface area contributed by atoms with E-state index in [9.17, 15) is 0 Å². The van der Waals surface area contributed by atoms with Crippen molar-refractivity contribution in [1.82, 2.24) is 20.3 Å². The summed E-state index contributed by atoms with van der Waals surface area (Å²) in [5, 5.41) is 17.9. The summed E-state index contributed by atoms with van der Waals surface area (Å²) in [5.41, 5.74) is 6.04. The van der Waals surface area contributed by atoms with Crippen LogP contribution in [0.2, 0.25) is 0 Å². The number of nitrogens with two attached hydrogens (primary N) is 1. The number of hydrogen-bond acceptors (Lipinski definition) is 4. The van der Waals surface area contributed by atoms with Gasteiger partial charge in [-0.05, 0) is 19.3 Å². The van der Waals surface area contributed by atoms with Gasteiger partial charge in [-0.25, -0.2) is 0 Å². The molecular weight excluding hydrogens is 216 g/mol. The number of piperidine rings is 1. The average molecular weight is 231 g/mol. The minimum atomic E-state index is 0. The minimum absolute atomic E-state index is 0. The fraction of sp³-hybridized carbons (Fsp3) is 0.625. The summed E-state index contributed by atoms with van der Waals surface area (Å²) in [6, 6.07) is 0. The average Bonchev–Trinajstić information content (AvgIpc) is 2.65. The van der Waals surface area contributed by atoms with Crippen molar-refractivity contribution in [2.75, 3.05) is 18.8 Å². The van der Waals surface area contributed by atoms with Gasteiger partial charge in [0.1, 0.15) is 0 Å². The van der Waals surface area contributed by atoms with Crippen LogP contribution in [-0.4, -0.2) is 39.2 Å². The van der Waals surface area contributed by atoms with E-state index in [0.29, 0.717) is 17.3 Å². The number of nitrogens with zero attached hydrogens (tertiary/aromatic N) is 3. The highest BCUT2D eigenvalue weighted by Crippen LogP contribution is 2.13. The van der Waals surface area contributed by atoms with Gasteiger partial charge in [0.2, 0.25) is 0 Å². The Bertz CT molecular complexity index is 330. The van der Waals surface area contributed by atoms with Crippen LogP contribution in [0.1, 0.15) is 25.0 Å². The van der Waals surface area contributed by atoms with Gasteiger partial charge in [-0.2, -0.15) is 10.3 Å². The van der Waals surface area contributed by atoms with Gasteiger partial charge in [0.25, 0.3) is 0 Å². The second-order valence-corrected chi connectivity index (χ2v) is 3.45. The number of hydrogen-bond donors (Lipinski definition) is 3. The fourth-order valence-corrected chi connectivity index (χ4v) is 1.68. The van der Waals surface area contributed by atoms with Crippen molar-refractivity contribution in [3.63, 3.8) is 0 Å². The van der Waals surface area contributed by atoms with Crippen LogP contribution in [0.3, 0.4) is 0 Å². The lowest BCUT2D eigenvalue weighted by Gasteiger charge is -2.27. The highest BCUT2D eigenvalue weighted by atomic mass is 35.5. The van der Waals surface area contributed by atoms with Crippen LogP contribution >= 0.6 is 12.4 Å². The molecule has 7 heteroatoms. The lowest BCUT2D eigenvalue weighted by Crippen LogP contribution is -2.36. The first-order valence-corrected chi connectivity index (χ1v) is 4.79. The third kappa shape index (κ3) is 2.38. The number of nitrogen functional groups attached to an aromatic ring is 1. The smallest absolute Gasteiger partial charge is 0.177 e. The van der Waals surface area contributed by atoms with Gasteiger partial charge in [0.05, 0.1) is 0 Å².